The second-order valence-corrected chi connectivity index (χ2v) is 7.76. The summed E-state index contributed by atoms with van der Waals surface area (Å²) in [5.41, 5.74) is 1.63. The van der Waals surface area contributed by atoms with E-state index in [-0.39, 0.29) is 17.8 Å². The SMILES string of the molecule is Cc1cc(C)c2c(c1)C(=O)CC1(CCN(C(=O)c3cc(F)ccc3F)CC1)O2. The molecule has 2 aromatic carbocycles. The van der Waals surface area contributed by atoms with Gasteiger partial charge in [0.15, 0.2) is 5.78 Å². The predicted molar refractivity (Wildman–Crippen MR) is 99.7 cm³/mol. The van der Waals surface area contributed by atoms with Gasteiger partial charge in [-0.15, -0.1) is 0 Å². The van der Waals surface area contributed by atoms with E-state index >= 15 is 0 Å². The Bertz CT molecular complexity index is 978. The summed E-state index contributed by atoms with van der Waals surface area (Å²) in [5.74, 6) is -1.26. The van der Waals surface area contributed by atoms with Gasteiger partial charge in [0.1, 0.15) is 23.0 Å². The van der Waals surface area contributed by atoms with Gasteiger partial charge in [0.2, 0.25) is 0 Å². The number of halogens is 2. The van der Waals surface area contributed by atoms with E-state index in [1.54, 1.807) is 0 Å². The molecule has 0 saturated carbocycles. The summed E-state index contributed by atoms with van der Waals surface area (Å²) in [7, 11) is 0. The van der Waals surface area contributed by atoms with Gasteiger partial charge in [-0.25, -0.2) is 8.78 Å². The second kappa shape index (κ2) is 6.69. The van der Waals surface area contributed by atoms with Gasteiger partial charge in [0.05, 0.1) is 17.5 Å². The number of aryl methyl sites for hydroxylation is 2. The van der Waals surface area contributed by atoms with Crippen LogP contribution in [0.5, 0.6) is 5.75 Å². The van der Waals surface area contributed by atoms with Crippen molar-refractivity contribution >= 4 is 11.7 Å². The Morgan fingerprint density at radius 2 is 1.82 bits per heavy atom. The molecule has 1 saturated heterocycles. The minimum atomic E-state index is -0.740. The molecule has 0 bridgehead atoms. The van der Waals surface area contributed by atoms with Gasteiger partial charge >= 0.3 is 0 Å². The number of Topliss-reactive ketones (excluding diaryl/α,β-unsaturated/α-hetero) is 1. The van der Waals surface area contributed by atoms with Gasteiger partial charge in [-0.05, 0) is 49.2 Å². The molecular formula is C22H21F2NO3. The molecule has 4 nitrogen and oxygen atoms in total. The number of likely N-dealkylation sites (tertiary alicyclic amines) is 1. The quantitative estimate of drug-likeness (QED) is 0.738. The number of piperidine rings is 1. The minimum absolute atomic E-state index is 0.0454. The molecule has 2 aromatic rings. The Morgan fingerprint density at radius 3 is 2.54 bits per heavy atom. The molecule has 2 aliphatic heterocycles. The molecule has 0 aromatic heterocycles. The lowest BCUT2D eigenvalue weighted by molar-refractivity contribution is -0.00629. The van der Waals surface area contributed by atoms with Gasteiger partial charge in [0, 0.05) is 25.9 Å². The van der Waals surface area contributed by atoms with Gasteiger partial charge in [-0.3, -0.25) is 9.59 Å². The van der Waals surface area contributed by atoms with E-state index in [1.807, 2.05) is 26.0 Å². The Kier molecular flexibility index (Phi) is 4.44. The highest BCUT2D eigenvalue weighted by Gasteiger charge is 2.44. The average Bonchev–Trinajstić information content (AvgIpc) is 2.65. The summed E-state index contributed by atoms with van der Waals surface area (Å²) in [6.45, 7) is 4.51. The van der Waals surface area contributed by atoms with Crippen molar-refractivity contribution in [2.24, 2.45) is 0 Å². The second-order valence-electron chi connectivity index (χ2n) is 7.76. The van der Waals surface area contributed by atoms with Crippen LogP contribution < -0.4 is 4.74 Å². The highest BCUT2D eigenvalue weighted by atomic mass is 19.1. The predicted octanol–water partition coefficient (Wildman–Crippen LogP) is 4.22. The number of ether oxygens (including phenoxy) is 1. The molecule has 0 N–H and O–H groups in total. The number of fused-ring (bicyclic) bond motifs is 1. The van der Waals surface area contributed by atoms with Crippen LogP contribution in [0, 0.1) is 25.5 Å². The van der Waals surface area contributed by atoms with Crippen LogP contribution in [0.1, 0.15) is 51.1 Å². The van der Waals surface area contributed by atoms with Gasteiger partial charge in [0.25, 0.3) is 5.91 Å². The number of benzene rings is 2. The smallest absolute Gasteiger partial charge is 0.256 e. The number of carbonyl (C=O) groups excluding carboxylic acids is 2. The van der Waals surface area contributed by atoms with Crippen LogP contribution >= 0.6 is 0 Å². The Morgan fingerprint density at radius 1 is 1.11 bits per heavy atom. The lowest BCUT2D eigenvalue weighted by Gasteiger charge is -2.44. The molecule has 2 aliphatic rings. The normalized spacial score (nSPS) is 18.0. The minimum Gasteiger partial charge on any atom is -0.486 e. The number of rotatable bonds is 1. The highest BCUT2D eigenvalue weighted by Crippen LogP contribution is 2.41. The topological polar surface area (TPSA) is 46.6 Å². The van der Waals surface area contributed by atoms with Gasteiger partial charge < -0.3 is 9.64 Å². The van der Waals surface area contributed by atoms with Crippen LogP contribution in [-0.2, 0) is 0 Å². The average molecular weight is 385 g/mol. The van der Waals surface area contributed by atoms with E-state index in [0.717, 1.165) is 29.3 Å². The van der Waals surface area contributed by atoms with E-state index in [2.05, 4.69) is 0 Å². The maximum atomic E-state index is 13.9. The van der Waals surface area contributed by atoms with Crippen LogP contribution in [0.15, 0.2) is 30.3 Å². The lowest BCUT2D eigenvalue weighted by Crippen LogP contribution is -2.52. The van der Waals surface area contributed by atoms with Crippen molar-refractivity contribution in [1.29, 1.82) is 0 Å². The molecule has 1 fully saturated rings. The maximum absolute atomic E-state index is 13.9. The van der Waals surface area contributed by atoms with Crippen molar-refractivity contribution in [3.8, 4) is 5.75 Å². The summed E-state index contributed by atoms with van der Waals surface area (Å²) in [4.78, 5) is 26.8. The first-order valence-electron chi connectivity index (χ1n) is 9.36. The molecule has 146 valence electrons. The van der Waals surface area contributed by atoms with Crippen molar-refractivity contribution in [2.75, 3.05) is 13.1 Å². The van der Waals surface area contributed by atoms with Crippen molar-refractivity contribution < 1.29 is 23.1 Å². The lowest BCUT2D eigenvalue weighted by atomic mass is 9.81. The third kappa shape index (κ3) is 3.17. The zero-order valence-electron chi connectivity index (χ0n) is 15.9. The first-order chi connectivity index (χ1) is 13.3. The molecule has 0 unspecified atom stereocenters. The standard InChI is InChI=1S/C22H21F2NO3/c1-13-9-14(2)20-17(10-13)19(26)12-22(28-20)5-7-25(8-6-22)21(27)16-11-15(23)3-4-18(16)24/h3-4,9-11H,5-8,12H2,1-2H3. The Hall–Kier alpha value is -2.76. The van der Waals surface area contributed by atoms with E-state index in [1.165, 1.54) is 4.90 Å². The van der Waals surface area contributed by atoms with Crippen LogP contribution in [0.25, 0.3) is 0 Å². The summed E-state index contributed by atoms with van der Waals surface area (Å²) < 4.78 is 33.6. The molecule has 1 spiro atoms. The molecule has 0 aliphatic carbocycles. The summed E-state index contributed by atoms with van der Waals surface area (Å²) in [6, 6.07) is 6.70. The van der Waals surface area contributed by atoms with Gasteiger partial charge in [-0.1, -0.05) is 6.07 Å². The van der Waals surface area contributed by atoms with Crippen molar-refractivity contribution in [3.63, 3.8) is 0 Å². The number of amides is 1. The molecular weight excluding hydrogens is 364 g/mol. The third-order valence-electron chi connectivity index (χ3n) is 5.64. The fraction of sp³-hybridized carbons (Fsp3) is 0.364. The fourth-order valence-corrected chi connectivity index (χ4v) is 4.17. The fourth-order valence-electron chi connectivity index (χ4n) is 4.17. The Balaban J connectivity index is 1.53. The number of nitrogens with zero attached hydrogens (tertiary/aromatic N) is 1. The maximum Gasteiger partial charge on any atom is 0.256 e. The van der Waals surface area contributed by atoms with Crippen LogP contribution in [0.3, 0.4) is 0 Å². The Labute approximate surface area is 162 Å². The third-order valence-corrected chi connectivity index (χ3v) is 5.64. The van der Waals surface area contributed by atoms with E-state index in [0.29, 0.717) is 37.2 Å². The van der Waals surface area contributed by atoms with E-state index in [4.69, 9.17) is 4.74 Å². The van der Waals surface area contributed by atoms with Crippen molar-refractivity contribution in [1.82, 2.24) is 4.90 Å². The summed E-state index contributed by atoms with van der Waals surface area (Å²) in [5, 5.41) is 0. The molecule has 0 atom stereocenters. The molecule has 4 rings (SSSR count). The molecule has 2 heterocycles. The number of hydrogen-bond donors (Lipinski definition) is 0. The largest absolute Gasteiger partial charge is 0.486 e. The summed E-state index contributed by atoms with van der Waals surface area (Å²) in [6.07, 6.45) is 1.20. The monoisotopic (exact) mass is 385 g/mol. The van der Waals surface area contributed by atoms with Crippen LogP contribution in [0.4, 0.5) is 8.78 Å². The van der Waals surface area contributed by atoms with Crippen molar-refractivity contribution in [3.05, 3.63) is 64.2 Å². The first-order valence-corrected chi connectivity index (χ1v) is 9.36. The van der Waals surface area contributed by atoms with Crippen LogP contribution in [0.2, 0.25) is 0 Å². The van der Waals surface area contributed by atoms with Crippen molar-refractivity contribution in [2.45, 2.75) is 38.7 Å². The zero-order valence-corrected chi connectivity index (χ0v) is 15.9. The van der Waals surface area contributed by atoms with E-state index < -0.39 is 23.1 Å². The first kappa shape index (κ1) is 18.6. The number of carbonyl (C=O) groups is 2. The van der Waals surface area contributed by atoms with E-state index in [9.17, 15) is 18.4 Å². The summed E-state index contributed by atoms with van der Waals surface area (Å²) >= 11 is 0. The zero-order chi connectivity index (χ0) is 20.1. The highest BCUT2D eigenvalue weighted by molar-refractivity contribution is 6.01. The molecule has 1 amide bonds. The molecule has 6 heteroatoms. The molecule has 28 heavy (non-hydrogen) atoms. The molecule has 0 radical (unpaired) electrons. The van der Waals surface area contributed by atoms with Crippen LogP contribution in [-0.4, -0.2) is 35.3 Å². The van der Waals surface area contributed by atoms with Gasteiger partial charge in [-0.2, -0.15) is 0 Å². The number of hydrogen-bond acceptors (Lipinski definition) is 3. The number of ketones is 1.